The highest BCUT2D eigenvalue weighted by molar-refractivity contribution is 5.77. The van der Waals surface area contributed by atoms with Crippen molar-refractivity contribution in [3.63, 3.8) is 0 Å². The maximum atomic E-state index is 12.3. The van der Waals surface area contributed by atoms with Gasteiger partial charge in [-0.3, -0.25) is 4.79 Å². The lowest BCUT2D eigenvalue weighted by Gasteiger charge is -2.12. The molecule has 3 heteroatoms. The number of H-pyrrole nitrogens is 1. The van der Waals surface area contributed by atoms with Crippen LogP contribution in [0.15, 0.2) is 65.7 Å². The lowest BCUT2D eigenvalue weighted by Crippen LogP contribution is -2.16. The van der Waals surface area contributed by atoms with E-state index in [1.54, 1.807) is 0 Å². The Kier molecular flexibility index (Phi) is 2.33. The minimum absolute atomic E-state index is 0.0279. The lowest BCUT2D eigenvalue weighted by molar-refractivity contribution is 0.960. The van der Waals surface area contributed by atoms with Crippen LogP contribution < -0.4 is 5.56 Å². The fourth-order valence-corrected chi connectivity index (χ4v) is 3.00. The van der Waals surface area contributed by atoms with Crippen molar-refractivity contribution < 1.29 is 0 Å². The zero-order valence-corrected chi connectivity index (χ0v) is 10.7. The molecule has 3 aromatic rings. The lowest BCUT2D eigenvalue weighted by atomic mass is 9.90. The SMILES string of the molecule is O=c1[nH]cnc2c1C(c1ccccc1)c1ccccc1-2. The van der Waals surface area contributed by atoms with Gasteiger partial charge in [-0.05, 0) is 11.1 Å². The molecule has 1 aliphatic carbocycles. The van der Waals surface area contributed by atoms with Gasteiger partial charge in [0.2, 0.25) is 0 Å². The average molecular weight is 260 g/mol. The largest absolute Gasteiger partial charge is 0.313 e. The third kappa shape index (κ3) is 1.46. The van der Waals surface area contributed by atoms with Gasteiger partial charge < -0.3 is 4.98 Å². The monoisotopic (exact) mass is 260 g/mol. The van der Waals surface area contributed by atoms with Gasteiger partial charge in [-0.25, -0.2) is 4.98 Å². The molecule has 2 aromatic carbocycles. The van der Waals surface area contributed by atoms with Crippen LogP contribution in [0.25, 0.3) is 11.3 Å². The van der Waals surface area contributed by atoms with Gasteiger partial charge in [-0.15, -0.1) is 0 Å². The van der Waals surface area contributed by atoms with Crippen LogP contribution in [0.5, 0.6) is 0 Å². The molecule has 0 bridgehead atoms. The first kappa shape index (κ1) is 11.2. The molecule has 1 atom stereocenters. The molecule has 0 spiro atoms. The van der Waals surface area contributed by atoms with E-state index >= 15 is 0 Å². The van der Waals surface area contributed by atoms with Gasteiger partial charge in [0.25, 0.3) is 5.56 Å². The normalized spacial score (nSPS) is 15.7. The topological polar surface area (TPSA) is 45.8 Å². The predicted molar refractivity (Wildman–Crippen MR) is 77.7 cm³/mol. The molecule has 1 N–H and O–H groups in total. The minimum atomic E-state index is -0.0555. The third-order valence-electron chi connectivity index (χ3n) is 3.84. The zero-order valence-electron chi connectivity index (χ0n) is 10.7. The van der Waals surface area contributed by atoms with Crippen LogP contribution in [0, 0.1) is 0 Å². The Morgan fingerprint density at radius 2 is 1.70 bits per heavy atom. The summed E-state index contributed by atoms with van der Waals surface area (Å²) in [5, 5.41) is 0. The number of hydrogen-bond donors (Lipinski definition) is 1. The van der Waals surface area contributed by atoms with Gasteiger partial charge >= 0.3 is 0 Å². The van der Waals surface area contributed by atoms with Crippen molar-refractivity contribution in [3.8, 4) is 11.3 Å². The van der Waals surface area contributed by atoms with Gasteiger partial charge in [0, 0.05) is 11.5 Å². The van der Waals surface area contributed by atoms with Crippen LogP contribution in [0.1, 0.15) is 22.6 Å². The van der Waals surface area contributed by atoms with Gasteiger partial charge in [0.15, 0.2) is 0 Å². The van der Waals surface area contributed by atoms with Crippen molar-refractivity contribution in [2.24, 2.45) is 0 Å². The van der Waals surface area contributed by atoms with Crippen LogP contribution in [0.3, 0.4) is 0 Å². The van der Waals surface area contributed by atoms with E-state index in [-0.39, 0.29) is 11.5 Å². The number of benzene rings is 2. The van der Waals surface area contributed by atoms with Crippen LogP contribution >= 0.6 is 0 Å². The molecule has 4 rings (SSSR count). The first-order valence-corrected chi connectivity index (χ1v) is 6.58. The van der Waals surface area contributed by atoms with Gasteiger partial charge in [-0.1, -0.05) is 54.6 Å². The Balaban J connectivity index is 2.08. The maximum Gasteiger partial charge on any atom is 0.255 e. The number of hydrogen-bond acceptors (Lipinski definition) is 2. The molecule has 0 saturated heterocycles. The van der Waals surface area contributed by atoms with E-state index in [2.05, 4.69) is 28.2 Å². The molecule has 1 aromatic heterocycles. The van der Waals surface area contributed by atoms with Crippen LogP contribution in [-0.2, 0) is 0 Å². The van der Waals surface area contributed by atoms with Crippen LogP contribution in [0.2, 0.25) is 0 Å². The summed E-state index contributed by atoms with van der Waals surface area (Å²) in [6.45, 7) is 0. The molecule has 0 radical (unpaired) electrons. The van der Waals surface area contributed by atoms with E-state index in [9.17, 15) is 4.79 Å². The van der Waals surface area contributed by atoms with Crippen molar-refractivity contribution in [2.75, 3.05) is 0 Å². The summed E-state index contributed by atoms with van der Waals surface area (Å²) >= 11 is 0. The predicted octanol–water partition coefficient (Wildman–Crippen LogP) is 2.93. The second kappa shape index (κ2) is 4.17. The molecule has 1 aliphatic rings. The highest BCUT2D eigenvalue weighted by Crippen LogP contribution is 2.44. The zero-order chi connectivity index (χ0) is 13.5. The highest BCUT2D eigenvalue weighted by atomic mass is 16.1. The van der Waals surface area contributed by atoms with Crippen molar-refractivity contribution in [2.45, 2.75) is 5.92 Å². The van der Waals surface area contributed by atoms with Crippen LogP contribution in [-0.4, -0.2) is 9.97 Å². The van der Waals surface area contributed by atoms with E-state index in [0.29, 0.717) is 0 Å². The van der Waals surface area contributed by atoms with E-state index in [4.69, 9.17) is 0 Å². The molecule has 0 fully saturated rings. The second-order valence-corrected chi connectivity index (χ2v) is 4.92. The summed E-state index contributed by atoms with van der Waals surface area (Å²) < 4.78 is 0. The smallest absolute Gasteiger partial charge is 0.255 e. The number of nitrogens with zero attached hydrogens (tertiary/aromatic N) is 1. The Morgan fingerprint density at radius 1 is 0.950 bits per heavy atom. The van der Waals surface area contributed by atoms with Gasteiger partial charge in [0.05, 0.1) is 17.6 Å². The summed E-state index contributed by atoms with van der Waals surface area (Å²) in [4.78, 5) is 19.3. The van der Waals surface area contributed by atoms with Crippen molar-refractivity contribution >= 4 is 0 Å². The van der Waals surface area contributed by atoms with Gasteiger partial charge in [-0.2, -0.15) is 0 Å². The van der Waals surface area contributed by atoms with E-state index in [1.165, 1.54) is 6.33 Å². The summed E-state index contributed by atoms with van der Waals surface area (Å²) in [5.41, 5.74) is 4.83. The second-order valence-electron chi connectivity index (χ2n) is 4.92. The van der Waals surface area contributed by atoms with E-state index in [1.807, 2.05) is 36.4 Å². The number of aromatic nitrogens is 2. The van der Waals surface area contributed by atoms with Crippen molar-refractivity contribution in [1.82, 2.24) is 9.97 Å². The summed E-state index contributed by atoms with van der Waals surface area (Å²) in [6, 6.07) is 18.2. The fraction of sp³-hybridized carbons (Fsp3) is 0.0588. The summed E-state index contributed by atoms with van der Waals surface area (Å²) in [5.74, 6) is -0.0279. The Bertz CT molecular complexity index is 837. The van der Waals surface area contributed by atoms with E-state index in [0.717, 1.165) is 27.9 Å². The number of rotatable bonds is 1. The first-order valence-electron chi connectivity index (χ1n) is 6.58. The average Bonchev–Trinajstić information content (AvgIpc) is 2.84. The molecule has 3 nitrogen and oxygen atoms in total. The van der Waals surface area contributed by atoms with Crippen molar-refractivity contribution in [1.29, 1.82) is 0 Å². The number of nitrogens with one attached hydrogen (secondary N) is 1. The number of aromatic amines is 1. The minimum Gasteiger partial charge on any atom is -0.313 e. The maximum absolute atomic E-state index is 12.3. The number of fused-ring (bicyclic) bond motifs is 3. The Hall–Kier alpha value is -2.68. The highest BCUT2D eigenvalue weighted by Gasteiger charge is 2.32. The fourth-order valence-electron chi connectivity index (χ4n) is 3.00. The molecular formula is C17H12N2O. The Labute approximate surface area is 116 Å². The van der Waals surface area contributed by atoms with E-state index < -0.39 is 0 Å². The molecule has 0 saturated carbocycles. The third-order valence-corrected chi connectivity index (χ3v) is 3.84. The molecule has 1 unspecified atom stereocenters. The molecule has 96 valence electrons. The van der Waals surface area contributed by atoms with Gasteiger partial charge in [0.1, 0.15) is 0 Å². The molecule has 20 heavy (non-hydrogen) atoms. The quantitative estimate of drug-likeness (QED) is 0.572. The standard InChI is InChI=1S/C17H12N2O/c20-17-15-14(11-6-2-1-3-7-11)12-8-4-5-9-13(12)16(15)18-10-19-17/h1-10,14H,(H,18,19,20). The first-order chi connectivity index (χ1) is 9.86. The summed E-state index contributed by atoms with van der Waals surface area (Å²) in [7, 11) is 0. The molecule has 0 amide bonds. The molecule has 1 heterocycles. The Morgan fingerprint density at radius 3 is 2.55 bits per heavy atom. The molecule has 0 aliphatic heterocycles. The van der Waals surface area contributed by atoms with Crippen LogP contribution in [0.4, 0.5) is 0 Å². The van der Waals surface area contributed by atoms with Crippen molar-refractivity contribution in [3.05, 3.63) is 88.0 Å². The molecular weight excluding hydrogens is 248 g/mol. The summed E-state index contributed by atoms with van der Waals surface area (Å²) in [6.07, 6.45) is 1.48.